The van der Waals surface area contributed by atoms with E-state index in [4.69, 9.17) is 4.74 Å². The summed E-state index contributed by atoms with van der Waals surface area (Å²) in [4.78, 5) is 0. The quantitative estimate of drug-likeness (QED) is 0.824. The van der Waals surface area contributed by atoms with E-state index in [0.717, 1.165) is 16.7 Å². The van der Waals surface area contributed by atoms with E-state index in [1.807, 2.05) is 25.1 Å². The van der Waals surface area contributed by atoms with Gasteiger partial charge in [-0.1, -0.05) is 0 Å². The summed E-state index contributed by atoms with van der Waals surface area (Å²) in [7, 11) is 1.71. The van der Waals surface area contributed by atoms with Crippen molar-refractivity contribution in [1.82, 2.24) is 15.4 Å². The number of rotatable bonds is 4. The molecule has 2 N–H and O–H groups in total. The number of H-pyrrole nitrogens is 1. The molecule has 0 bridgehead atoms. The molecule has 1 heterocycles. The van der Waals surface area contributed by atoms with Gasteiger partial charge in [0, 0.05) is 18.8 Å². The Morgan fingerprint density at radius 1 is 1.25 bits per heavy atom. The highest BCUT2D eigenvalue weighted by atomic mass is 16.5. The molecule has 2 atom stereocenters. The molecule has 5 nitrogen and oxygen atoms in total. The molecule has 16 heavy (non-hydrogen) atoms. The van der Waals surface area contributed by atoms with Gasteiger partial charge in [0.25, 0.3) is 0 Å². The summed E-state index contributed by atoms with van der Waals surface area (Å²) in [5.74, 6) is 0. The third-order valence-electron chi connectivity index (χ3n) is 2.79. The molecular formula is C11H16N4O. The second-order valence-electron chi connectivity index (χ2n) is 3.90. The molecule has 0 aliphatic rings. The average Bonchev–Trinajstić information content (AvgIpc) is 2.75. The molecule has 0 saturated heterocycles. The lowest BCUT2D eigenvalue weighted by molar-refractivity contribution is 0.106. The number of anilines is 1. The van der Waals surface area contributed by atoms with Crippen LogP contribution in [0.3, 0.4) is 0 Å². The van der Waals surface area contributed by atoms with E-state index in [0.29, 0.717) is 0 Å². The Morgan fingerprint density at radius 3 is 2.75 bits per heavy atom. The molecule has 1 aromatic carbocycles. The molecule has 0 spiro atoms. The minimum Gasteiger partial charge on any atom is -0.380 e. The number of aromatic nitrogens is 3. The molecule has 0 radical (unpaired) electrons. The predicted octanol–water partition coefficient (Wildman–Crippen LogP) is 1.79. The molecule has 2 unspecified atom stereocenters. The summed E-state index contributed by atoms with van der Waals surface area (Å²) in [5, 5.41) is 14.0. The Hall–Kier alpha value is -1.62. The molecule has 2 aromatic rings. The summed E-state index contributed by atoms with van der Waals surface area (Å²) in [6.45, 7) is 4.12. The van der Waals surface area contributed by atoms with Crippen LogP contribution in [0, 0.1) is 0 Å². The smallest absolute Gasteiger partial charge is 0.115 e. The minimum atomic E-state index is 0.160. The number of fused-ring (bicyclic) bond motifs is 1. The van der Waals surface area contributed by atoms with Crippen molar-refractivity contribution in [1.29, 1.82) is 0 Å². The molecule has 5 heteroatoms. The molecule has 86 valence electrons. The fraction of sp³-hybridized carbons (Fsp3) is 0.455. The summed E-state index contributed by atoms with van der Waals surface area (Å²) in [5.41, 5.74) is 2.76. The van der Waals surface area contributed by atoms with Crippen LogP contribution in [-0.4, -0.2) is 34.7 Å². The third-order valence-corrected chi connectivity index (χ3v) is 2.79. The maximum atomic E-state index is 5.26. The fourth-order valence-corrected chi connectivity index (χ4v) is 1.51. The third kappa shape index (κ3) is 2.14. The van der Waals surface area contributed by atoms with E-state index in [1.165, 1.54) is 0 Å². The van der Waals surface area contributed by atoms with Crippen molar-refractivity contribution in [3.8, 4) is 0 Å². The van der Waals surface area contributed by atoms with Crippen LogP contribution in [0.2, 0.25) is 0 Å². The highest BCUT2D eigenvalue weighted by Gasteiger charge is 2.11. The molecule has 0 aliphatic heterocycles. The maximum absolute atomic E-state index is 5.26. The van der Waals surface area contributed by atoms with Gasteiger partial charge in [0.15, 0.2) is 0 Å². The molecule has 2 rings (SSSR count). The van der Waals surface area contributed by atoms with Crippen molar-refractivity contribution in [2.75, 3.05) is 12.4 Å². The summed E-state index contributed by atoms with van der Waals surface area (Å²) < 4.78 is 5.26. The van der Waals surface area contributed by atoms with E-state index in [9.17, 15) is 0 Å². The number of methoxy groups -OCH3 is 1. The molecule has 0 aliphatic carbocycles. The number of aromatic amines is 1. The lowest BCUT2D eigenvalue weighted by atomic mass is 10.2. The zero-order valence-corrected chi connectivity index (χ0v) is 9.69. The number of nitrogens with zero attached hydrogens (tertiary/aromatic N) is 2. The van der Waals surface area contributed by atoms with Crippen LogP contribution in [0.5, 0.6) is 0 Å². The fourth-order valence-electron chi connectivity index (χ4n) is 1.51. The van der Waals surface area contributed by atoms with Crippen LogP contribution >= 0.6 is 0 Å². The van der Waals surface area contributed by atoms with Gasteiger partial charge >= 0.3 is 0 Å². The topological polar surface area (TPSA) is 62.8 Å². The van der Waals surface area contributed by atoms with Gasteiger partial charge < -0.3 is 10.1 Å². The number of nitrogens with one attached hydrogen (secondary N) is 2. The lowest BCUT2D eigenvalue weighted by Crippen LogP contribution is -2.29. The molecular weight excluding hydrogens is 204 g/mol. The lowest BCUT2D eigenvalue weighted by Gasteiger charge is -2.20. The first kappa shape index (κ1) is 10.9. The number of hydrogen-bond donors (Lipinski definition) is 2. The predicted molar refractivity (Wildman–Crippen MR) is 63.4 cm³/mol. The van der Waals surface area contributed by atoms with Gasteiger partial charge in [0.2, 0.25) is 0 Å². The Balaban J connectivity index is 2.14. The Morgan fingerprint density at radius 2 is 2.00 bits per heavy atom. The van der Waals surface area contributed by atoms with Crippen molar-refractivity contribution >= 4 is 16.7 Å². The van der Waals surface area contributed by atoms with Crippen LogP contribution in [0.15, 0.2) is 18.2 Å². The van der Waals surface area contributed by atoms with Gasteiger partial charge in [-0.3, -0.25) is 0 Å². The largest absolute Gasteiger partial charge is 0.380 e. The van der Waals surface area contributed by atoms with Gasteiger partial charge in [0.1, 0.15) is 11.0 Å². The molecule has 0 fully saturated rings. The normalized spacial score (nSPS) is 14.9. The van der Waals surface area contributed by atoms with Gasteiger partial charge in [0.05, 0.1) is 6.10 Å². The number of ether oxygens (including phenoxy) is 1. The monoisotopic (exact) mass is 220 g/mol. The van der Waals surface area contributed by atoms with Crippen LogP contribution in [0.25, 0.3) is 11.0 Å². The van der Waals surface area contributed by atoms with Crippen LogP contribution < -0.4 is 5.32 Å². The van der Waals surface area contributed by atoms with Crippen LogP contribution in [0.4, 0.5) is 5.69 Å². The first-order chi connectivity index (χ1) is 7.70. The maximum Gasteiger partial charge on any atom is 0.115 e. The van der Waals surface area contributed by atoms with Crippen molar-refractivity contribution in [3.63, 3.8) is 0 Å². The highest BCUT2D eigenvalue weighted by molar-refractivity contribution is 5.77. The minimum absolute atomic E-state index is 0.160. The zero-order valence-electron chi connectivity index (χ0n) is 9.69. The SMILES string of the molecule is COC(C)C(C)Nc1ccc2n[nH]nc2c1. The van der Waals surface area contributed by atoms with Crippen LogP contribution in [-0.2, 0) is 4.74 Å². The Bertz CT molecular complexity index is 468. The van der Waals surface area contributed by atoms with Crippen molar-refractivity contribution in [2.24, 2.45) is 0 Å². The van der Waals surface area contributed by atoms with Crippen molar-refractivity contribution < 1.29 is 4.74 Å². The standard InChI is InChI=1S/C11H16N4O/c1-7(8(2)16-3)12-9-4-5-10-11(6-9)14-15-13-10/h4-8,12H,1-3H3,(H,13,14,15). The second-order valence-corrected chi connectivity index (χ2v) is 3.90. The van der Waals surface area contributed by atoms with Gasteiger partial charge in [-0.25, -0.2) is 0 Å². The zero-order chi connectivity index (χ0) is 11.5. The summed E-state index contributed by atoms with van der Waals surface area (Å²) in [6, 6.07) is 6.14. The van der Waals surface area contributed by atoms with E-state index >= 15 is 0 Å². The van der Waals surface area contributed by atoms with Gasteiger partial charge in [-0.05, 0) is 32.0 Å². The highest BCUT2D eigenvalue weighted by Crippen LogP contribution is 2.16. The Labute approximate surface area is 94.2 Å². The van der Waals surface area contributed by atoms with Crippen molar-refractivity contribution in [3.05, 3.63) is 18.2 Å². The molecule has 1 aromatic heterocycles. The average molecular weight is 220 g/mol. The van der Waals surface area contributed by atoms with E-state index < -0.39 is 0 Å². The molecule has 0 amide bonds. The first-order valence-electron chi connectivity index (χ1n) is 5.30. The van der Waals surface area contributed by atoms with Crippen LogP contribution in [0.1, 0.15) is 13.8 Å². The first-order valence-corrected chi connectivity index (χ1v) is 5.30. The second kappa shape index (κ2) is 4.49. The number of benzene rings is 1. The Kier molecular flexibility index (Phi) is 3.05. The summed E-state index contributed by atoms with van der Waals surface area (Å²) >= 11 is 0. The van der Waals surface area contributed by atoms with E-state index in [2.05, 4.69) is 27.7 Å². The van der Waals surface area contributed by atoms with Crippen molar-refractivity contribution in [2.45, 2.75) is 26.0 Å². The van der Waals surface area contributed by atoms with E-state index in [1.54, 1.807) is 7.11 Å². The summed E-state index contributed by atoms with van der Waals surface area (Å²) in [6.07, 6.45) is 0.160. The molecule has 0 saturated carbocycles. The van der Waals surface area contributed by atoms with Gasteiger partial charge in [-0.15, -0.1) is 0 Å². The van der Waals surface area contributed by atoms with E-state index in [-0.39, 0.29) is 12.1 Å². The van der Waals surface area contributed by atoms with Gasteiger partial charge in [-0.2, -0.15) is 15.4 Å². The number of hydrogen-bond acceptors (Lipinski definition) is 4.